The summed E-state index contributed by atoms with van der Waals surface area (Å²) >= 11 is 0. The minimum atomic E-state index is -0.0737. The molecule has 0 aliphatic carbocycles. The van der Waals surface area contributed by atoms with Crippen LogP contribution >= 0.6 is 0 Å². The molecule has 0 amide bonds. The van der Waals surface area contributed by atoms with E-state index in [-0.39, 0.29) is 5.97 Å². The highest BCUT2D eigenvalue weighted by atomic mass is 16.5. The summed E-state index contributed by atoms with van der Waals surface area (Å²) in [6.45, 7) is 4.38. The van der Waals surface area contributed by atoms with Gasteiger partial charge in [-0.1, -0.05) is 65.2 Å². The van der Waals surface area contributed by atoms with Crippen molar-refractivity contribution in [2.45, 2.75) is 71.6 Å². The minimum Gasteiger partial charge on any atom is -0.469 e. The third-order valence-electron chi connectivity index (χ3n) is 3.04. The molecule has 0 spiro atoms. The van der Waals surface area contributed by atoms with E-state index >= 15 is 0 Å². The SMILES string of the molecule is CCCCCCCCCC(C)CC(=O)OC. The Balaban J connectivity index is 3.21. The molecule has 96 valence electrons. The Hall–Kier alpha value is -0.530. The second-order valence-corrected chi connectivity index (χ2v) is 4.80. The van der Waals surface area contributed by atoms with Gasteiger partial charge in [0.05, 0.1) is 7.11 Å². The van der Waals surface area contributed by atoms with Gasteiger partial charge in [-0.2, -0.15) is 0 Å². The first-order chi connectivity index (χ1) is 7.70. The van der Waals surface area contributed by atoms with Gasteiger partial charge in [0.1, 0.15) is 0 Å². The van der Waals surface area contributed by atoms with Crippen LogP contribution in [0.4, 0.5) is 0 Å². The summed E-state index contributed by atoms with van der Waals surface area (Å²) in [6, 6.07) is 0. The highest BCUT2D eigenvalue weighted by Gasteiger charge is 2.08. The first-order valence-electron chi connectivity index (χ1n) is 6.77. The number of hydrogen-bond donors (Lipinski definition) is 0. The van der Waals surface area contributed by atoms with Crippen LogP contribution in [-0.2, 0) is 9.53 Å². The summed E-state index contributed by atoms with van der Waals surface area (Å²) in [7, 11) is 1.46. The average molecular weight is 228 g/mol. The summed E-state index contributed by atoms with van der Waals surface area (Å²) in [5, 5.41) is 0. The molecule has 1 atom stereocenters. The van der Waals surface area contributed by atoms with Crippen molar-refractivity contribution in [2.75, 3.05) is 7.11 Å². The smallest absolute Gasteiger partial charge is 0.305 e. The molecule has 16 heavy (non-hydrogen) atoms. The molecule has 0 heterocycles. The van der Waals surface area contributed by atoms with E-state index in [0.717, 1.165) is 6.42 Å². The molecular formula is C14H28O2. The third kappa shape index (κ3) is 10.0. The number of rotatable bonds is 10. The van der Waals surface area contributed by atoms with Crippen molar-refractivity contribution in [2.24, 2.45) is 5.92 Å². The number of carbonyl (C=O) groups is 1. The van der Waals surface area contributed by atoms with Crippen LogP contribution in [-0.4, -0.2) is 13.1 Å². The zero-order valence-electron chi connectivity index (χ0n) is 11.3. The number of hydrogen-bond acceptors (Lipinski definition) is 2. The monoisotopic (exact) mass is 228 g/mol. The summed E-state index contributed by atoms with van der Waals surface area (Å²) in [5.41, 5.74) is 0. The van der Waals surface area contributed by atoms with E-state index in [2.05, 4.69) is 18.6 Å². The highest BCUT2D eigenvalue weighted by Crippen LogP contribution is 2.15. The Kier molecular flexibility index (Phi) is 10.6. The zero-order valence-corrected chi connectivity index (χ0v) is 11.3. The van der Waals surface area contributed by atoms with Gasteiger partial charge in [-0.15, -0.1) is 0 Å². The molecule has 0 fully saturated rings. The molecule has 0 aromatic carbocycles. The maximum Gasteiger partial charge on any atom is 0.305 e. The number of unbranched alkanes of at least 4 members (excludes halogenated alkanes) is 6. The Morgan fingerprint density at radius 3 is 2.19 bits per heavy atom. The van der Waals surface area contributed by atoms with Crippen LogP contribution in [0, 0.1) is 5.92 Å². The molecular weight excluding hydrogens is 200 g/mol. The molecule has 0 aliphatic rings. The number of carbonyl (C=O) groups excluding carboxylic acids is 1. The lowest BCUT2D eigenvalue weighted by Crippen LogP contribution is -2.06. The van der Waals surface area contributed by atoms with Gasteiger partial charge < -0.3 is 4.74 Å². The summed E-state index contributed by atoms with van der Waals surface area (Å²) < 4.78 is 4.65. The van der Waals surface area contributed by atoms with E-state index in [1.54, 1.807) is 0 Å². The van der Waals surface area contributed by atoms with Gasteiger partial charge in [0.15, 0.2) is 0 Å². The van der Waals surface area contributed by atoms with Crippen molar-refractivity contribution in [3.63, 3.8) is 0 Å². The van der Waals surface area contributed by atoms with Gasteiger partial charge in [-0.3, -0.25) is 4.79 Å². The average Bonchev–Trinajstić information content (AvgIpc) is 2.27. The first-order valence-corrected chi connectivity index (χ1v) is 6.77. The molecule has 0 rings (SSSR count). The standard InChI is InChI=1S/C14H28O2/c1-4-5-6-7-8-9-10-11-13(2)12-14(15)16-3/h13H,4-12H2,1-3H3. The largest absolute Gasteiger partial charge is 0.469 e. The van der Waals surface area contributed by atoms with Crippen LogP contribution in [0.1, 0.15) is 71.6 Å². The fraction of sp³-hybridized carbons (Fsp3) is 0.929. The van der Waals surface area contributed by atoms with E-state index < -0.39 is 0 Å². The molecule has 0 radical (unpaired) electrons. The summed E-state index contributed by atoms with van der Waals surface area (Å²) in [6.07, 6.45) is 11.1. The second kappa shape index (κ2) is 11.0. The molecule has 0 saturated carbocycles. The van der Waals surface area contributed by atoms with E-state index in [1.165, 1.54) is 52.1 Å². The summed E-state index contributed by atoms with van der Waals surface area (Å²) in [4.78, 5) is 11.0. The van der Waals surface area contributed by atoms with Gasteiger partial charge in [0.2, 0.25) is 0 Å². The van der Waals surface area contributed by atoms with Gasteiger partial charge in [-0.05, 0) is 5.92 Å². The quantitative estimate of drug-likeness (QED) is 0.411. The van der Waals surface area contributed by atoms with Crippen molar-refractivity contribution < 1.29 is 9.53 Å². The maximum absolute atomic E-state index is 11.0. The first kappa shape index (κ1) is 15.5. The highest BCUT2D eigenvalue weighted by molar-refractivity contribution is 5.69. The second-order valence-electron chi connectivity index (χ2n) is 4.80. The molecule has 0 saturated heterocycles. The van der Waals surface area contributed by atoms with E-state index in [9.17, 15) is 4.79 Å². The van der Waals surface area contributed by atoms with Gasteiger partial charge in [-0.25, -0.2) is 0 Å². The van der Waals surface area contributed by atoms with E-state index in [0.29, 0.717) is 12.3 Å². The van der Waals surface area contributed by atoms with Gasteiger partial charge in [0.25, 0.3) is 0 Å². The Bertz CT molecular complexity index is 166. The van der Waals surface area contributed by atoms with E-state index in [1.807, 2.05) is 0 Å². The van der Waals surface area contributed by atoms with Crippen molar-refractivity contribution in [1.82, 2.24) is 0 Å². The molecule has 0 aliphatic heterocycles. The molecule has 2 heteroatoms. The fourth-order valence-corrected chi connectivity index (χ4v) is 1.92. The van der Waals surface area contributed by atoms with Crippen LogP contribution < -0.4 is 0 Å². The predicted octanol–water partition coefficient (Wildman–Crippen LogP) is 4.33. The Labute approximate surface area is 101 Å². The van der Waals surface area contributed by atoms with Gasteiger partial charge >= 0.3 is 5.97 Å². The lowest BCUT2D eigenvalue weighted by molar-refractivity contribution is -0.141. The number of methoxy groups -OCH3 is 1. The van der Waals surface area contributed by atoms with E-state index in [4.69, 9.17) is 0 Å². The molecule has 2 nitrogen and oxygen atoms in total. The normalized spacial score (nSPS) is 12.4. The lowest BCUT2D eigenvalue weighted by Gasteiger charge is -2.09. The fourth-order valence-electron chi connectivity index (χ4n) is 1.92. The van der Waals surface area contributed by atoms with Gasteiger partial charge in [0, 0.05) is 6.42 Å². The summed E-state index contributed by atoms with van der Waals surface area (Å²) in [5.74, 6) is 0.401. The Morgan fingerprint density at radius 1 is 1.06 bits per heavy atom. The van der Waals surface area contributed by atoms with Crippen LogP contribution in [0.15, 0.2) is 0 Å². The van der Waals surface area contributed by atoms with Crippen molar-refractivity contribution >= 4 is 5.97 Å². The lowest BCUT2D eigenvalue weighted by atomic mass is 9.99. The van der Waals surface area contributed by atoms with Crippen LogP contribution in [0.25, 0.3) is 0 Å². The molecule has 0 N–H and O–H groups in total. The molecule has 1 unspecified atom stereocenters. The number of ether oxygens (including phenoxy) is 1. The predicted molar refractivity (Wildman–Crippen MR) is 68.4 cm³/mol. The Morgan fingerprint density at radius 2 is 1.62 bits per heavy atom. The molecule has 0 aromatic heterocycles. The maximum atomic E-state index is 11.0. The van der Waals surface area contributed by atoms with Crippen LogP contribution in [0.5, 0.6) is 0 Å². The minimum absolute atomic E-state index is 0.0737. The van der Waals surface area contributed by atoms with Crippen molar-refractivity contribution in [3.05, 3.63) is 0 Å². The topological polar surface area (TPSA) is 26.3 Å². The van der Waals surface area contributed by atoms with Crippen molar-refractivity contribution in [3.8, 4) is 0 Å². The number of esters is 1. The van der Waals surface area contributed by atoms with Crippen LogP contribution in [0.3, 0.4) is 0 Å². The zero-order chi connectivity index (χ0) is 12.2. The third-order valence-corrected chi connectivity index (χ3v) is 3.04. The molecule has 0 bridgehead atoms. The van der Waals surface area contributed by atoms with Crippen molar-refractivity contribution in [1.29, 1.82) is 0 Å². The molecule has 0 aromatic rings. The van der Waals surface area contributed by atoms with Crippen LogP contribution in [0.2, 0.25) is 0 Å².